The molecule has 0 radical (unpaired) electrons. The van der Waals surface area contributed by atoms with E-state index in [4.69, 9.17) is 0 Å². The number of aryl methyl sites for hydroxylation is 1. The van der Waals surface area contributed by atoms with Crippen LogP contribution in [0.3, 0.4) is 0 Å². The molecule has 8 nitrogen and oxygen atoms in total. The lowest BCUT2D eigenvalue weighted by Crippen LogP contribution is -2.25. The van der Waals surface area contributed by atoms with Crippen molar-refractivity contribution in [2.75, 3.05) is 0 Å². The van der Waals surface area contributed by atoms with Crippen LogP contribution in [0.25, 0.3) is 11.0 Å². The lowest BCUT2D eigenvalue weighted by molar-refractivity contribution is -0.113. The molecule has 0 fully saturated rings. The second-order valence-corrected chi connectivity index (χ2v) is 4.75. The summed E-state index contributed by atoms with van der Waals surface area (Å²) in [6, 6.07) is 5.41. The van der Waals surface area contributed by atoms with Crippen LogP contribution >= 0.6 is 0 Å². The van der Waals surface area contributed by atoms with Crippen molar-refractivity contribution in [2.45, 2.75) is 19.9 Å². The third-order valence-electron chi connectivity index (χ3n) is 3.37. The SMILES string of the molecule is CCc1nc2n(n1)CC(=O)C(c1ccc3n[nH]nc3c1)=N2. The molecule has 0 atom stereocenters. The molecule has 0 spiro atoms. The monoisotopic (exact) mass is 281 g/mol. The van der Waals surface area contributed by atoms with Gasteiger partial charge in [-0.15, -0.1) is 0 Å². The van der Waals surface area contributed by atoms with Crippen molar-refractivity contribution in [1.29, 1.82) is 0 Å². The van der Waals surface area contributed by atoms with E-state index in [0.717, 1.165) is 5.52 Å². The van der Waals surface area contributed by atoms with Crippen molar-refractivity contribution in [2.24, 2.45) is 4.99 Å². The number of rotatable bonds is 2. The summed E-state index contributed by atoms with van der Waals surface area (Å²) in [6.07, 6.45) is 0.712. The summed E-state index contributed by atoms with van der Waals surface area (Å²) in [4.78, 5) is 20.9. The van der Waals surface area contributed by atoms with E-state index in [1.54, 1.807) is 16.8 Å². The van der Waals surface area contributed by atoms with Gasteiger partial charge in [-0.25, -0.2) is 9.67 Å². The van der Waals surface area contributed by atoms with E-state index in [1.807, 2.05) is 13.0 Å². The highest BCUT2D eigenvalue weighted by molar-refractivity contribution is 6.47. The highest BCUT2D eigenvalue weighted by Gasteiger charge is 2.24. The van der Waals surface area contributed by atoms with Gasteiger partial charge in [-0.05, 0) is 12.1 Å². The van der Waals surface area contributed by atoms with E-state index in [1.165, 1.54) is 0 Å². The van der Waals surface area contributed by atoms with Crippen LogP contribution in [-0.4, -0.2) is 41.7 Å². The number of ketones is 1. The van der Waals surface area contributed by atoms with Gasteiger partial charge in [0.25, 0.3) is 0 Å². The van der Waals surface area contributed by atoms with Crippen LogP contribution in [0, 0.1) is 0 Å². The molecule has 1 aromatic carbocycles. The Labute approximate surface area is 118 Å². The number of fused-ring (bicyclic) bond motifs is 2. The van der Waals surface area contributed by atoms with Crippen LogP contribution in [0.2, 0.25) is 0 Å². The van der Waals surface area contributed by atoms with E-state index in [-0.39, 0.29) is 12.3 Å². The van der Waals surface area contributed by atoms with Gasteiger partial charge in [0.2, 0.25) is 11.7 Å². The van der Waals surface area contributed by atoms with Crippen molar-refractivity contribution in [3.63, 3.8) is 0 Å². The number of nitrogens with one attached hydrogen (secondary N) is 1. The molecular formula is C13H11N7O. The summed E-state index contributed by atoms with van der Waals surface area (Å²) in [5.41, 5.74) is 2.56. The first-order chi connectivity index (χ1) is 10.2. The van der Waals surface area contributed by atoms with Crippen molar-refractivity contribution in [1.82, 2.24) is 30.2 Å². The number of carbonyl (C=O) groups excluding carboxylic acids is 1. The van der Waals surface area contributed by atoms with E-state index in [0.29, 0.717) is 35.0 Å². The van der Waals surface area contributed by atoms with Crippen LogP contribution in [-0.2, 0) is 17.8 Å². The summed E-state index contributed by atoms with van der Waals surface area (Å²) < 4.78 is 1.54. The van der Waals surface area contributed by atoms with Gasteiger partial charge in [0.15, 0.2) is 5.82 Å². The molecule has 1 aliphatic heterocycles. The maximum absolute atomic E-state index is 12.3. The molecule has 0 bridgehead atoms. The topological polar surface area (TPSA) is 102 Å². The summed E-state index contributed by atoms with van der Waals surface area (Å²) in [6.45, 7) is 2.13. The fraction of sp³-hybridized carbons (Fsp3) is 0.231. The molecule has 0 saturated carbocycles. The van der Waals surface area contributed by atoms with Gasteiger partial charge >= 0.3 is 0 Å². The Morgan fingerprint density at radius 1 is 1.29 bits per heavy atom. The Kier molecular flexibility index (Phi) is 2.44. The standard InChI is InChI=1S/C13H11N7O/c1-2-11-14-13-15-12(10(21)6-20(13)18-11)7-3-4-8-9(5-7)17-19-16-8/h3-5H,2,6H2,1H3,(H,16,17,19). The highest BCUT2D eigenvalue weighted by atomic mass is 16.1. The minimum atomic E-state index is -0.0853. The molecule has 4 rings (SSSR count). The third-order valence-corrected chi connectivity index (χ3v) is 3.37. The average Bonchev–Trinajstić information content (AvgIpc) is 3.10. The number of hydrogen-bond acceptors (Lipinski definition) is 6. The number of Topliss-reactive ketones (excluding diaryl/α,β-unsaturated/α-hetero) is 1. The first-order valence-corrected chi connectivity index (χ1v) is 6.61. The molecule has 104 valence electrons. The van der Waals surface area contributed by atoms with Gasteiger partial charge in [-0.3, -0.25) is 4.79 Å². The van der Waals surface area contributed by atoms with Crippen molar-refractivity contribution < 1.29 is 4.79 Å². The van der Waals surface area contributed by atoms with Crippen LogP contribution in [0.15, 0.2) is 23.2 Å². The number of benzene rings is 1. The molecule has 21 heavy (non-hydrogen) atoms. The number of aliphatic imine (C=N–C) groups is 1. The normalized spacial score (nSPS) is 14.3. The van der Waals surface area contributed by atoms with Crippen molar-refractivity contribution in [3.8, 4) is 0 Å². The van der Waals surface area contributed by atoms with Crippen LogP contribution in [0.4, 0.5) is 5.95 Å². The lowest BCUT2D eigenvalue weighted by Gasteiger charge is -2.11. The molecule has 1 aliphatic rings. The quantitative estimate of drug-likeness (QED) is 0.749. The number of hydrogen-bond donors (Lipinski definition) is 1. The predicted octanol–water partition coefficient (Wildman–Crippen LogP) is 0.815. The van der Waals surface area contributed by atoms with E-state index in [9.17, 15) is 4.79 Å². The maximum Gasteiger partial charge on any atom is 0.249 e. The highest BCUT2D eigenvalue weighted by Crippen LogP contribution is 2.20. The number of aromatic amines is 1. The molecule has 1 N–H and O–H groups in total. The Hall–Kier alpha value is -2.90. The Morgan fingerprint density at radius 2 is 2.14 bits per heavy atom. The Balaban J connectivity index is 1.84. The van der Waals surface area contributed by atoms with Crippen LogP contribution in [0.5, 0.6) is 0 Å². The zero-order chi connectivity index (χ0) is 14.4. The van der Waals surface area contributed by atoms with Crippen LogP contribution < -0.4 is 0 Å². The fourth-order valence-electron chi connectivity index (χ4n) is 2.30. The van der Waals surface area contributed by atoms with Gasteiger partial charge < -0.3 is 0 Å². The summed E-state index contributed by atoms with van der Waals surface area (Å²) >= 11 is 0. The van der Waals surface area contributed by atoms with E-state index >= 15 is 0 Å². The number of nitrogens with zero attached hydrogens (tertiary/aromatic N) is 6. The molecular weight excluding hydrogens is 270 g/mol. The fourth-order valence-corrected chi connectivity index (χ4v) is 2.30. The second kappa shape index (κ2) is 4.30. The second-order valence-electron chi connectivity index (χ2n) is 4.75. The predicted molar refractivity (Wildman–Crippen MR) is 74.5 cm³/mol. The van der Waals surface area contributed by atoms with Gasteiger partial charge in [0.1, 0.15) is 23.3 Å². The summed E-state index contributed by atoms with van der Waals surface area (Å²) in [5, 5.41) is 14.8. The molecule has 0 amide bonds. The minimum absolute atomic E-state index is 0.0853. The molecule has 8 heteroatoms. The molecule has 3 aromatic rings. The van der Waals surface area contributed by atoms with Crippen molar-refractivity contribution >= 4 is 28.5 Å². The van der Waals surface area contributed by atoms with Gasteiger partial charge in [0, 0.05) is 12.0 Å². The first-order valence-electron chi connectivity index (χ1n) is 6.61. The van der Waals surface area contributed by atoms with Gasteiger partial charge in [-0.2, -0.15) is 25.5 Å². The Bertz CT molecular complexity index is 889. The lowest BCUT2D eigenvalue weighted by atomic mass is 10.0. The van der Waals surface area contributed by atoms with Crippen LogP contribution in [0.1, 0.15) is 18.3 Å². The maximum atomic E-state index is 12.3. The summed E-state index contributed by atoms with van der Waals surface area (Å²) in [7, 11) is 0. The smallest absolute Gasteiger partial charge is 0.249 e. The minimum Gasteiger partial charge on any atom is -0.290 e. The number of H-pyrrole nitrogens is 1. The zero-order valence-electron chi connectivity index (χ0n) is 11.2. The van der Waals surface area contributed by atoms with E-state index < -0.39 is 0 Å². The zero-order valence-corrected chi connectivity index (χ0v) is 11.2. The number of aromatic nitrogens is 6. The molecule has 3 heterocycles. The average molecular weight is 281 g/mol. The summed E-state index contributed by atoms with van der Waals surface area (Å²) in [5.74, 6) is 1.08. The van der Waals surface area contributed by atoms with Gasteiger partial charge in [0.05, 0.1) is 0 Å². The van der Waals surface area contributed by atoms with Gasteiger partial charge in [-0.1, -0.05) is 13.0 Å². The largest absolute Gasteiger partial charge is 0.290 e. The molecule has 0 aliphatic carbocycles. The molecule has 0 saturated heterocycles. The molecule has 0 unspecified atom stereocenters. The van der Waals surface area contributed by atoms with E-state index in [2.05, 4.69) is 30.5 Å². The molecule has 2 aromatic heterocycles. The van der Waals surface area contributed by atoms with Crippen molar-refractivity contribution in [3.05, 3.63) is 29.6 Å². The third kappa shape index (κ3) is 1.83. The first kappa shape index (κ1) is 11.9. The number of carbonyl (C=O) groups is 1. The Morgan fingerprint density at radius 3 is 3.00 bits per heavy atom.